The standard InChI is InChI=1S/C22H30O4/c1-2-16-9-7-8-10-17(16)13-14-19-18(20(23)15-21(19)24)11-5-3-4-6-12-22(25)26/h7-10,13-14,18-19,21,24H,2-6,11-12,15H2,1H3,(H,25,26)/t18-,19-,21+/m0/s1. The molecule has 1 aliphatic rings. The van der Waals surface area contributed by atoms with Crippen LogP contribution in [-0.4, -0.2) is 28.1 Å². The third-order valence-electron chi connectivity index (χ3n) is 5.32. The number of aliphatic hydroxyl groups is 1. The Morgan fingerprint density at radius 1 is 1.19 bits per heavy atom. The van der Waals surface area contributed by atoms with Crippen LogP contribution in [0.5, 0.6) is 0 Å². The number of carboxylic acids is 1. The van der Waals surface area contributed by atoms with Gasteiger partial charge in [0.05, 0.1) is 6.10 Å². The zero-order valence-electron chi connectivity index (χ0n) is 15.6. The minimum Gasteiger partial charge on any atom is -0.481 e. The van der Waals surface area contributed by atoms with E-state index in [1.54, 1.807) is 0 Å². The van der Waals surface area contributed by atoms with Crippen molar-refractivity contribution in [3.63, 3.8) is 0 Å². The lowest BCUT2D eigenvalue weighted by Gasteiger charge is -2.17. The van der Waals surface area contributed by atoms with Crippen LogP contribution in [0, 0.1) is 11.8 Å². The number of carbonyl (C=O) groups excluding carboxylic acids is 1. The summed E-state index contributed by atoms with van der Waals surface area (Å²) in [5.74, 6) is -0.834. The molecule has 2 N–H and O–H groups in total. The summed E-state index contributed by atoms with van der Waals surface area (Å²) >= 11 is 0. The van der Waals surface area contributed by atoms with Crippen molar-refractivity contribution >= 4 is 17.8 Å². The van der Waals surface area contributed by atoms with Crippen molar-refractivity contribution in [1.29, 1.82) is 0 Å². The topological polar surface area (TPSA) is 74.6 Å². The molecular weight excluding hydrogens is 328 g/mol. The van der Waals surface area contributed by atoms with Crippen molar-refractivity contribution < 1.29 is 19.8 Å². The number of aliphatic carboxylic acids is 1. The minimum absolute atomic E-state index is 0.116. The van der Waals surface area contributed by atoms with Crippen molar-refractivity contribution in [3.05, 3.63) is 41.5 Å². The summed E-state index contributed by atoms with van der Waals surface area (Å²) < 4.78 is 0. The Morgan fingerprint density at radius 3 is 2.65 bits per heavy atom. The van der Waals surface area contributed by atoms with Crippen LogP contribution in [0.1, 0.15) is 63.0 Å². The number of carboxylic acid groups (broad SMARTS) is 1. The Bertz CT molecular complexity index is 635. The molecule has 0 aliphatic heterocycles. The second kappa shape index (κ2) is 10.3. The monoisotopic (exact) mass is 358 g/mol. The Kier molecular flexibility index (Phi) is 8.05. The van der Waals surface area contributed by atoms with Crippen molar-refractivity contribution in [2.24, 2.45) is 11.8 Å². The maximum absolute atomic E-state index is 12.3. The zero-order chi connectivity index (χ0) is 18.9. The van der Waals surface area contributed by atoms with Gasteiger partial charge < -0.3 is 10.2 Å². The van der Waals surface area contributed by atoms with E-state index in [2.05, 4.69) is 19.1 Å². The molecule has 0 radical (unpaired) electrons. The molecule has 142 valence electrons. The molecule has 0 aromatic heterocycles. The maximum atomic E-state index is 12.3. The summed E-state index contributed by atoms with van der Waals surface area (Å²) in [7, 11) is 0. The van der Waals surface area contributed by atoms with E-state index < -0.39 is 12.1 Å². The van der Waals surface area contributed by atoms with E-state index in [1.807, 2.05) is 24.3 Å². The van der Waals surface area contributed by atoms with Gasteiger partial charge in [-0.1, -0.05) is 62.6 Å². The summed E-state index contributed by atoms with van der Waals surface area (Å²) in [4.78, 5) is 22.8. The van der Waals surface area contributed by atoms with E-state index in [0.717, 1.165) is 37.7 Å². The van der Waals surface area contributed by atoms with Crippen molar-refractivity contribution in [1.82, 2.24) is 0 Å². The Hall–Kier alpha value is -1.94. The van der Waals surface area contributed by atoms with Gasteiger partial charge in [-0.2, -0.15) is 0 Å². The number of benzene rings is 1. The van der Waals surface area contributed by atoms with Gasteiger partial charge in [-0.3, -0.25) is 9.59 Å². The molecule has 0 amide bonds. The summed E-state index contributed by atoms with van der Waals surface area (Å²) in [6, 6.07) is 8.20. The Labute approximate surface area is 155 Å². The molecule has 1 aliphatic carbocycles. The number of aliphatic hydroxyl groups excluding tert-OH is 1. The Morgan fingerprint density at radius 2 is 1.92 bits per heavy atom. The summed E-state index contributed by atoms with van der Waals surface area (Å²) in [6.07, 6.45) is 9.04. The fraction of sp³-hybridized carbons (Fsp3) is 0.545. The molecule has 1 fully saturated rings. The highest BCUT2D eigenvalue weighted by molar-refractivity contribution is 5.85. The van der Waals surface area contributed by atoms with Crippen LogP contribution in [0.3, 0.4) is 0 Å². The van der Waals surface area contributed by atoms with Gasteiger partial charge in [0.1, 0.15) is 5.78 Å². The summed E-state index contributed by atoms with van der Waals surface area (Å²) in [5, 5.41) is 19.0. The molecule has 0 bridgehead atoms. The number of ketones is 1. The number of hydrogen-bond acceptors (Lipinski definition) is 3. The zero-order valence-corrected chi connectivity index (χ0v) is 15.6. The molecule has 0 saturated heterocycles. The molecular formula is C22H30O4. The first kappa shape index (κ1) is 20.4. The highest BCUT2D eigenvalue weighted by atomic mass is 16.4. The molecule has 1 saturated carbocycles. The second-order valence-electron chi connectivity index (χ2n) is 7.18. The first-order valence-corrected chi connectivity index (χ1v) is 9.71. The lowest BCUT2D eigenvalue weighted by atomic mass is 9.88. The van der Waals surface area contributed by atoms with E-state index in [0.29, 0.717) is 6.42 Å². The molecule has 4 nitrogen and oxygen atoms in total. The number of rotatable bonds is 10. The van der Waals surface area contributed by atoms with Gasteiger partial charge in [0.25, 0.3) is 0 Å². The van der Waals surface area contributed by atoms with Crippen molar-refractivity contribution in [2.75, 3.05) is 0 Å². The molecule has 3 atom stereocenters. The predicted molar refractivity (Wildman–Crippen MR) is 103 cm³/mol. The van der Waals surface area contributed by atoms with Crippen LogP contribution in [0.15, 0.2) is 30.3 Å². The first-order valence-electron chi connectivity index (χ1n) is 9.71. The smallest absolute Gasteiger partial charge is 0.303 e. The van der Waals surface area contributed by atoms with Gasteiger partial charge in [0.15, 0.2) is 0 Å². The fourth-order valence-electron chi connectivity index (χ4n) is 3.82. The number of unbranched alkanes of at least 4 members (excludes halogenated alkanes) is 3. The summed E-state index contributed by atoms with van der Waals surface area (Å²) in [5.41, 5.74) is 2.41. The van der Waals surface area contributed by atoms with E-state index in [4.69, 9.17) is 5.11 Å². The van der Waals surface area contributed by atoms with E-state index in [-0.39, 0.29) is 30.5 Å². The van der Waals surface area contributed by atoms with Crippen LogP contribution < -0.4 is 0 Å². The fourth-order valence-corrected chi connectivity index (χ4v) is 3.82. The Balaban J connectivity index is 1.91. The van der Waals surface area contributed by atoms with E-state index in [9.17, 15) is 14.7 Å². The quantitative estimate of drug-likeness (QED) is 0.613. The van der Waals surface area contributed by atoms with Crippen LogP contribution in [0.4, 0.5) is 0 Å². The predicted octanol–water partition coefficient (Wildman–Crippen LogP) is 4.25. The van der Waals surface area contributed by atoms with Gasteiger partial charge in [-0.15, -0.1) is 0 Å². The molecule has 4 heteroatoms. The molecule has 26 heavy (non-hydrogen) atoms. The number of hydrogen-bond donors (Lipinski definition) is 2. The average molecular weight is 358 g/mol. The molecule has 0 heterocycles. The number of carbonyl (C=O) groups is 2. The number of aryl methyl sites for hydroxylation is 1. The molecule has 0 unspecified atom stereocenters. The third-order valence-corrected chi connectivity index (χ3v) is 5.32. The van der Waals surface area contributed by atoms with Crippen LogP contribution in [-0.2, 0) is 16.0 Å². The van der Waals surface area contributed by atoms with Gasteiger partial charge in [0, 0.05) is 24.7 Å². The van der Waals surface area contributed by atoms with E-state index in [1.165, 1.54) is 5.56 Å². The lowest BCUT2D eigenvalue weighted by molar-refractivity contribution is -0.137. The van der Waals surface area contributed by atoms with Crippen molar-refractivity contribution in [3.8, 4) is 0 Å². The molecule has 1 aromatic carbocycles. The summed E-state index contributed by atoms with van der Waals surface area (Å²) in [6.45, 7) is 2.12. The molecule has 2 rings (SSSR count). The minimum atomic E-state index is -0.753. The highest BCUT2D eigenvalue weighted by Crippen LogP contribution is 2.35. The van der Waals surface area contributed by atoms with Crippen LogP contribution in [0.25, 0.3) is 6.08 Å². The average Bonchev–Trinajstić information content (AvgIpc) is 2.89. The lowest BCUT2D eigenvalue weighted by Crippen LogP contribution is -2.18. The van der Waals surface area contributed by atoms with Gasteiger partial charge >= 0.3 is 5.97 Å². The normalized spacial score (nSPS) is 23.0. The van der Waals surface area contributed by atoms with Gasteiger partial charge in [0.2, 0.25) is 0 Å². The molecule has 1 aromatic rings. The maximum Gasteiger partial charge on any atom is 0.303 e. The highest BCUT2D eigenvalue weighted by Gasteiger charge is 2.39. The second-order valence-corrected chi connectivity index (χ2v) is 7.18. The number of Topliss-reactive ketones (excluding diaryl/α,β-unsaturated/α-hetero) is 1. The van der Waals surface area contributed by atoms with Gasteiger partial charge in [-0.25, -0.2) is 0 Å². The van der Waals surface area contributed by atoms with Gasteiger partial charge in [-0.05, 0) is 30.4 Å². The third kappa shape index (κ3) is 5.80. The first-order chi connectivity index (χ1) is 12.5. The van der Waals surface area contributed by atoms with Crippen LogP contribution in [0.2, 0.25) is 0 Å². The van der Waals surface area contributed by atoms with E-state index >= 15 is 0 Å². The SMILES string of the molecule is CCc1ccccc1C=C[C@@H]1[C@H](O)CC(=O)[C@H]1CCCCCCC(=O)O. The largest absolute Gasteiger partial charge is 0.481 e. The van der Waals surface area contributed by atoms with Crippen LogP contribution >= 0.6 is 0 Å². The van der Waals surface area contributed by atoms with Crippen molar-refractivity contribution in [2.45, 2.75) is 64.4 Å². The molecule has 0 spiro atoms.